The van der Waals surface area contributed by atoms with Crippen molar-refractivity contribution in [3.63, 3.8) is 0 Å². The number of benzene rings is 1. The Morgan fingerprint density at radius 3 is 2.83 bits per heavy atom. The molecule has 3 rings (SSSR count). The molecule has 5 nitrogen and oxygen atoms in total. The molecule has 1 aliphatic rings. The standard InChI is InChI=1S/C19H27N3O2/c1-3-22(15-7-5-4-6-8-15)19(23)11-12-21-14-20-17-13-16(24-2)9-10-18(17)21/h9-10,13-15H,3-8,11-12H2,1-2H3. The van der Waals surface area contributed by atoms with Crippen molar-refractivity contribution in [2.75, 3.05) is 13.7 Å². The van der Waals surface area contributed by atoms with Crippen LogP contribution in [0.4, 0.5) is 0 Å². The Morgan fingerprint density at radius 1 is 1.33 bits per heavy atom. The number of amides is 1. The van der Waals surface area contributed by atoms with Crippen LogP contribution in [0.2, 0.25) is 0 Å². The summed E-state index contributed by atoms with van der Waals surface area (Å²) in [7, 11) is 1.65. The fourth-order valence-corrected chi connectivity index (χ4v) is 3.74. The molecule has 24 heavy (non-hydrogen) atoms. The summed E-state index contributed by atoms with van der Waals surface area (Å²) in [4.78, 5) is 19.2. The number of carbonyl (C=O) groups excluding carboxylic acids is 1. The first-order chi connectivity index (χ1) is 11.7. The highest BCUT2D eigenvalue weighted by molar-refractivity contribution is 5.78. The lowest BCUT2D eigenvalue weighted by Crippen LogP contribution is -2.41. The number of methoxy groups -OCH3 is 1. The zero-order valence-electron chi connectivity index (χ0n) is 14.7. The predicted octanol–water partition coefficient (Wildman–Crippen LogP) is 3.62. The topological polar surface area (TPSA) is 47.4 Å². The highest BCUT2D eigenvalue weighted by Crippen LogP contribution is 2.24. The average molecular weight is 329 g/mol. The first-order valence-electron chi connectivity index (χ1n) is 9.01. The number of hydrogen-bond donors (Lipinski definition) is 0. The number of ether oxygens (including phenoxy) is 1. The van der Waals surface area contributed by atoms with Crippen LogP contribution in [-0.4, -0.2) is 40.1 Å². The van der Waals surface area contributed by atoms with Crippen LogP contribution < -0.4 is 4.74 Å². The molecule has 0 unspecified atom stereocenters. The monoisotopic (exact) mass is 329 g/mol. The molecule has 0 aliphatic heterocycles. The molecule has 0 spiro atoms. The minimum Gasteiger partial charge on any atom is -0.497 e. The molecule has 0 N–H and O–H groups in total. The van der Waals surface area contributed by atoms with Crippen LogP contribution in [0.25, 0.3) is 11.0 Å². The van der Waals surface area contributed by atoms with Crippen LogP contribution in [-0.2, 0) is 11.3 Å². The summed E-state index contributed by atoms with van der Waals surface area (Å²) < 4.78 is 7.29. The largest absolute Gasteiger partial charge is 0.497 e. The third kappa shape index (κ3) is 3.55. The summed E-state index contributed by atoms with van der Waals surface area (Å²) in [5.74, 6) is 1.07. The number of aromatic nitrogens is 2. The van der Waals surface area contributed by atoms with Crippen molar-refractivity contribution in [3.8, 4) is 5.75 Å². The summed E-state index contributed by atoms with van der Waals surface area (Å²) in [6.45, 7) is 3.57. The fraction of sp³-hybridized carbons (Fsp3) is 0.579. The zero-order valence-corrected chi connectivity index (χ0v) is 14.7. The first-order valence-corrected chi connectivity index (χ1v) is 9.01. The number of hydrogen-bond acceptors (Lipinski definition) is 3. The lowest BCUT2D eigenvalue weighted by Gasteiger charge is -2.33. The van der Waals surface area contributed by atoms with E-state index in [0.29, 0.717) is 19.0 Å². The summed E-state index contributed by atoms with van der Waals surface area (Å²) in [6, 6.07) is 6.31. The molecule has 130 valence electrons. The van der Waals surface area contributed by atoms with Gasteiger partial charge in [0.2, 0.25) is 5.91 Å². The Bertz CT molecular complexity index is 689. The van der Waals surface area contributed by atoms with Gasteiger partial charge in [-0.15, -0.1) is 0 Å². The van der Waals surface area contributed by atoms with E-state index in [1.165, 1.54) is 19.3 Å². The molecule has 2 aromatic rings. The minimum absolute atomic E-state index is 0.264. The van der Waals surface area contributed by atoms with Gasteiger partial charge in [0.05, 0.1) is 24.5 Å². The highest BCUT2D eigenvalue weighted by Gasteiger charge is 2.23. The molecular weight excluding hydrogens is 302 g/mol. The molecule has 0 bridgehead atoms. The molecule has 0 atom stereocenters. The van der Waals surface area contributed by atoms with Gasteiger partial charge in [0.15, 0.2) is 0 Å². The van der Waals surface area contributed by atoms with Crippen molar-refractivity contribution >= 4 is 16.9 Å². The van der Waals surface area contributed by atoms with Gasteiger partial charge in [-0.05, 0) is 31.9 Å². The molecule has 1 saturated carbocycles. The highest BCUT2D eigenvalue weighted by atomic mass is 16.5. The SMILES string of the molecule is CCN(C(=O)CCn1cnc2cc(OC)ccc21)C1CCCCC1. The average Bonchev–Trinajstić information content (AvgIpc) is 3.03. The molecule has 1 amide bonds. The molecule has 1 aliphatic carbocycles. The van der Waals surface area contributed by atoms with Gasteiger partial charge < -0.3 is 14.2 Å². The van der Waals surface area contributed by atoms with Gasteiger partial charge in [0.25, 0.3) is 0 Å². The van der Waals surface area contributed by atoms with Crippen molar-refractivity contribution < 1.29 is 9.53 Å². The van der Waals surface area contributed by atoms with Gasteiger partial charge in [-0.1, -0.05) is 19.3 Å². The van der Waals surface area contributed by atoms with Gasteiger partial charge >= 0.3 is 0 Å². The fourth-order valence-electron chi connectivity index (χ4n) is 3.74. The van der Waals surface area contributed by atoms with E-state index in [2.05, 4.69) is 21.4 Å². The van der Waals surface area contributed by atoms with E-state index in [-0.39, 0.29) is 5.91 Å². The molecule has 5 heteroatoms. The number of fused-ring (bicyclic) bond motifs is 1. The molecule has 0 saturated heterocycles. The first kappa shape index (κ1) is 16.8. The maximum absolute atomic E-state index is 12.7. The van der Waals surface area contributed by atoms with Gasteiger partial charge in [0, 0.05) is 31.6 Å². The van der Waals surface area contributed by atoms with E-state index in [1.807, 2.05) is 24.5 Å². The number of nitrogens with zero attached hydrogens (tertiary/aromatic N) is 3. The van der Waals surface area contributed by atoms with Gasteiger partial charge in [-0.25, -0.2) is 4.98 Å². The summed E-state index contributed by atoms with van der Waals surface area (Å²) >= 11 is 0. The Balaban J connectivity index is 1.65. The second kappa shape index (κ2) is 7.69. The van der Waals surface area contributed by atoms with Crippen LogP contribution in [0.1, 0.15) is 45.4 Å². The van der Waals surface area contributed by atoms with Crippen LogP contribution >= 0.6 is 0 Å². The molecule has 0 radical (unpaired) electrons. The Morgan fingerprint density at radius 2 is 2.12 bits per heavy atom. The van der Waals surface area contributed by atoms with Crippen LogP contribution in [0.15, 0.2) is 24.5 Å². The second-order valence-corrected chi connectivity index (χ2v) is 6.51. The number of aryl methyl sites for hydroxylation is 1. The van der Waals surface area contributed by atoms with E-state index < -0.39 is 0 Å². The van der Waals surface area contributed by atoms with Crippen molar-refractivity contribution in [1.29, 1.82) is 0 Å². The maximum Gasteiger partial charge on any atom is 0.224 e. The van der Waals surface area contributed by atoms with E-state index >= 15 is 0 Å². The maximum atomic E-state index is 12.7. The van der Waals surface area contributed by atoms with Gasteiger partial charge in [0.1, 0.15) is 5.75 Å². The number of rotatable bonds is 6. The van der Waals surface area contributed by atoms with Crippen LogP contribution in [0.5, 0.6) is 5.75 Å². The van der Waals surface area contributed by atoms with Crippen LogP contribution in [0.3, 0.4) is 0 Å². The van der Waals surface area contributed by atoms with E-state index in [4.69, 9.17) is 4.74 Å². The minimum atomic E-state index is 0.264. The summed E-state index contributed by atoms with van der Waals surface area (Å²) in [5.41, 5.74) is 1.95. The van der Waals surface area contributed by atoms with Gasteiger partial charge in [-0.2, -0.15) is 0 Å². The third-order valence-electron chi connectivity index (χ3n) is 5.07. The lowest BCUT2D eigenvalue weighted by molar-refractivity contribution is -0.134. The normalized spacial score (nSPS) is 15.6. The van der Waals surface area contributed by atoms with Crippen LogP contribution in [0, 0.1) is 0 Å². The Hall–Kier alpha value is -2.04. The smallest absolute Gasteiger partial charge is 0.224 e. The zero-order chi connectivity index (χ0) is 16.9. The summed E-state index contributed by atoms with van der Waals surface area (Å²) in [5, 5.41) is 0. The number of carbonyl (C=O) groups is 1. The third-order valence-corrected chi connectivity index (χ3v) is 5.07. The predicted molar refractivity (Wildman–Crippen MR) is 95.2 cm³/mol. The van der Waals surface area contributed by atoms with Crippen molar-refractivity contribution in [3.05, 3.63) is 24.5 Å². The molecule has 1 aromatic carbocycles. The van der Waals surface area contributed by atoms with Crippen molar-refractivity contribution in [1.82, 2.24) is 14.5 Å². The second-order valence-electron chi connectivity index (χ2n) is 6.51. The molecule has 1 aromatic heterocycles. The Kier molecular flexibility index (Phi) is 5.38. The molecule has 1 heterocycles. The quantitative estimate of drug-likeness (QED) is 0.813. The van der Waals surface area contributed by atoms with E-state index in [1.54, 1.807) is 7.11 Å². The van der Waals surface area contributed by atoms with Crippen molar-refractivity contribution in [2.45, 2.75) is 58.0 Å². The molecular formula is C19H27N3O2. The molecule has 1 fully saturated rings. The number of imidazole rings is 1. The van der Waals surface area contributed by atoms with E-state index in [9.17, 15) is 4.79 Å². The van der Waals surface area contributed by atoms with Crippen molar-refractivity contribution in [2.24, 2.45) is 0 Å². The lowest BCUT2D eigenvalue weighted by atomic mass is 9.94. The summed E-state index contributed by atoms with van der Waals surface area (Å²) in [6.07, 6.45) is 8.48. The van der Waals surface area contributed by atoms with E-state index in [0.717, 1.165) is 36.2 Å². The Labute approximate surface area is 143 Å². The van der Waals surface area contributed by atoms with Gasteiger partial charge in [-0.3, -0.25) is 4.79 Å².